The quantitative estimate of drug-likeness (QED) is 0.175. The minimum atomic E-state index is -0.107. The second-order valence-electron chi connectivity index (χ2n) is 25.9. The Bertz CT molecular complexity index is 3730. The highest BCUT2D eigenvalue weighted by Gasteiger charge is 2.43. The number of hydrogen-bond acceptors (Lipinski definition) is 2. The summed E-state index contributed by atoms with van der Waals surface area (Å²) in [5.41, 5.74) is 25.2. The molecule has 2 aromatic heterocycles. The van der Waals surface area contributed by atoms with E-state index in [9.17, 15) is 0 Å². The maximum Gasteiger partial charge on any atom is 0.198 e. The van der Waals surface area contributed by atoms with Gasteiger partial charge in [0.15, 0.2) is 7.28 Å². The molecule has 69 heavy (non-hydrogen) atoms. The molecule has 0 radical (unpaired) electrons. The minimum absolute atomic E-state index is 0.0323. The van der Waals surface area contributed by atoms with Gasteiger partial charge in [-0.25, -0.2) is 0 Å². The van der Waals surface area contributed by atoms with Gasteiger partial charge in [0.25, 0.3) is 0 Å². The average molecular weight is 919 g/mol. The van der Waals surface area contributed by atoms with Crippen molar-refractivity contribution in [1.29, 1.82) is 0 Å². The lowest BCUT2D eigenvalue weighted by Crippen LogP contribution is -2.38. The molecule has 4 aliphatic rings. The van der Waals surface area contributed by atoms with Crippen molar-refractivity contribution in [2.24, 2.45) is 0 Å². The Morgan fingerprint density at radius 2 is 1.16 bits per heavy atom. The molecule has 0 saturated heterocycles. The van der Waals surface area contributed by atoms with Crippen molar-refractivity contribution in [1.82, 2.24) is 4.57 Å². The highest BCUT2D eigenvalue weighted by molar-refractivity contribution is 7.27. The van der Waals surface area contributed by atoms with E-state index in [-0.39, 0.29) is 32.5 Å². The minimum Gasteiger partial charge on any atom is -0.355 e. The maximum absolute atomic E-state index is 4.15. The average Bonchev–Trinajstić information content (AvgIpc) is 3.92. The number of nitrogens with zero attached hydrogens (tertiary/aromatic N) is 1. The van der Waals surface area contributed by atoms with E-state index in [1.165, 1.54) is 145 Å². The molecule has 0 spiro atoms. The van der Waals surface area contributed by atoms with Crippen LogP contribution < -0.4 is 16.2 Å². The van der Waals surface area contributed by atoms with Crippen LogP contribution in [0, 0.1) is 0 Å². The van der Waals surface area contributed by atoms with Crippen molar-refractivity contribution in [3.63, 3.8) is 0 Å². The Labute approximate surface area is 414 Å². The largest absolute Gasteiger partial charge is 0.355 e. The molecular weight excluding hydrogens is 852 g/mol. The number of anilines is 2. The normalized spacial score (nSPS) is 18.7. The lowest BCUT2D eigenvalue weighted by Gasteiger charge is -2.42. The summed E-state index contributed by atoms with van der Waals surface area (Å²) in [6.45, 7) is 31.7. The third-order valence-electron chi connectivity index (χ3n) is 18.3. The number of nitrogens with one attached hydrogen (secondary N) is 1. The van der Waals surface area contributed by atoms with Crippen LogP contribution in [0.4, 0.5) is 11.4 Å². The molecule has 0 unspecified atom stereocenters. The van der Waals surface area contributed by atoms with Crippen LogP contribution >= 0.6 is 11.3 Å². The number of rotatable bonds is 3. The van der Waals surface area contributed by atoms with E-state index in [0.717, 1.165) is 19.4 Å². The second-order valence-corrected chi connectivity index (χ2v) is 27.0. The number of fused-ring (bicyclic) bond motifs is 14. The van der Waals surface area contributed by atoms with E-state index in [2.05, 4.69) is 209 Å². The highest BCUT2D eigenvalue weighted by Crippen LogP contribution is 2.56. The molecule has 0 amide bonds. The van der Waals surface area contributed by atoms with Crippen molar-refractivity contribution in [2.75, 3.05) is 5.32 Å². The molecule has 346 valence electrons. The zero-order chi connectivity index (χ0) is 48.1. The van der Waals surface area contributed by atoms with E-state index >= 15 is 0 Å². The van der Waals surface area contributed by atoms with Crippen LogP contribution in [-0.4, -0.2) is 11.8 Å². The van der Waals surface area contributed by atoms with Gasteiger partial charge >= 0.3 is 0 Å². The first kappa shape index (κ1) is 43.4. The van der Waals surface area contributed by atoms with E-state index in [4.69, 9.17) is 0 Å². The number of aromatic nitrogens is 1. The Hall–Kier alpha value is -5.58. The summed E-state index contributed by atoms with van der Waals surface area (Å²) in [5.74, 6) is 0. The summed E-state index contributed by atoms with van der Waals surface area (Å²) in [6.07, 6.45) is 4.71. The van der Waals surface area contributed by atoms with Gasteiger partial charge in [-0.1, -0.05) is 156 Å². The van der Waals surface area contributed by atoms with Gasteiger partial charge in [0.1, 0.15) is 0 Å². The van der Waals surface area contributed by atoms with Gasteiger partial charge in [-0.2, -0.15) is 0 Å². The van der Waals surface area contributed by atoms with Crippen molar-refractivity contribution >= 4 is 82.9 Å². The molecule has 1 aliphatic heterocycles. The van der Waals surface area contributed by atoms with Gasteiger partial charge in [0.05, 0.1) is 11.0 Å². The fraction of sp³-hybridized carbons (Fsp3) is 0.354. The van der Waals surface area contributed by atoms with Crippen molar-refractivity contribution < 1.29 is 0 Å². The van der Waals surface area contributed by atoms with Gasteiger partial charge in [0.2, 0.25) is 0 Å². The van der Waals surface area contributed by atoms with Gasteiger partial charge in [0, 0.05) is 59.0 Å². The van der Waals surface area contributed by atoms with Gasteiger partial charge in [-0.15, -0.1) is 11.3 Å². The molecule has 0 bridgehead atoms. The van der Waals surface area contributed by atoms with Crippen molar-refractivity contribution in [2.45, 2.75) is 148 Å². The van der Waals surface area contributed by atoms with Crippen molar-refractivity contribution in [3.05, 3.63) is 148 Å². The molecule has 7 aromatic carbocycles. The molecule has 2 nitrogen and oxygen atoms in total. The third-order valence-corrected chi connectivity index (χ3v) is 19.5. The number of thiophene rings is 1. The van der Waals surface area contributed by atoms with Crippen LogP contribution in [0.5, 0.6) is 0 Å². The van der Waals surface area contributed by atoms with Gasteiger partial charge in [-0.3, -0.25) is 0 Å². The first-order valence-electron chi connectivity index (χ1n) is 25.9. The molecule has 1 N–H and O–H groups in total. The van der Waals surface area contributed by atoms with Gasteiger partial charge < -0.3 is 9.88 Å². The molecular formula is C65H67BN2S. The zero-order valence-electron chi connectivity index (χ0n) is 43.3. The number of benzene rings is 7. The van der Waals surface area contributed by atoms with Crippen LogP contribution in [0.1, 0.15) is 155 Å². The molecule has 0 atom stereocenters. The van der Waals surface area contributed by atoms with Crippen LogP contribution in [0.2, 0.25) is 0 Å². The van der Waals surface area contributed by atoms with E-state index in [1.54, 1.807) is 0 Å². The first-order valence-corrected chi connectivity index (χ1v) is 26.7. The molecule has 13 rings (SSSR count). The molecule has 3 aliphatic carbocycles. The van der Waals surface area contributed by atoms with Crippen LogP contribution in [-0.2, 0) is 32.5 Å². The number of hydrogen-bond donors (Lipinski definition) is 1. The van der Waals surface area contributed by atoms with Crippen molar-refractivity contribution in [3.8, 4) is 27.9 Å². The summed E-state index contributed by atoms with van der Waals surface area (Å²) in [7, 11) is 0.857. The fourth-order valence-electron chi connectivity index (χ4n) is 13.8. The van der Waals surface area contributed by atoms with E-state index < -0.39 is 0 Å². The van der Waals surface area contributed by atoms with E-state index in [0.29, 0.717) is 0 Å². The Kier molecular flexibility index (Phi) is 8.72. The Morgan fingerprint density at radius 1 is 0.551 bits per heavy atom. The SMILES string of the molecule is CC(C)(C)c1ccc(Nc2cc3c(cc2-c2c4c5c(c6cc7c(cc6n5-c5cc6c(cc5B4)-c4ccccc4C6(C)C)C(C)(C)CCC7(C)C)c4sc5ccccc5c24)C(C)(C)CCC3(C)C)cc1. The second kappa shape index (κ2) is 13.8. The first-order chi connectivity index (χ1) is 32.5. The highest BCUT2D eigenvalue weighted by atomic mass is 32.1. The molecule has 0 saturated carbocycles. The summed E-state index contributed by atoms with van der Waals surface area (Å²) in [4.78, 5) is 0. The molecule has 4 heteroatoms. The maximum atomic E-state index is 4.15. The summed E-state index contributed by atoms with van der Waals surface area (Å²) >= 11 is 2.01. The Balaban J connectivity index is 1.21. The van der Waals surface area contributed by atoms with E-state index in [1.807, 2.05) is 11.3 Å². The third kappa shape index (κ3) is 6.03. The predicted molar refractivity (Wildman–Crippen MR) is 302 cm³/mol. The zero-order valence-corrected chi connectivity index (χ0v) is 44.1. The lowest BCUT2D eigenvalue weighted by atomic mass is 9.57. The molecule has 0 fully saturated rings. The van der Waals surface area contributed by atoms with Crippen LogP contribution in [0.15, 0.2) is 109 Å². The molecule has 9 aromatic rings. The fourth-order valence-corrected chi connectivity index (χ4v) is 15.0. The monoisotopic (exact) mass is 919 g/mol. The van der Waals surface area contributed by atoms with Crippen LogP contribution in [0.25, 0.3) is 69.9 Å². The predicted octanol–water partition coefficient (Wildman–Crippen LogP) is 16.6. The standard InChI is InChI=1S/C65H67BN2S/c1-60(2,3)36-22-24-37(25-23-36)67-50-33-47-45(61(4,5)26-28-63(47,8)9)30-41(50)54-55-39-19-15-17-21-53(39)69-59(55)56-42-31-46-48(64(10,11)29-27-62(46,6)7)35-51(42)68-52-34-44-40(32-49(52)66-57(54)58(56)68)38-18-14-16-20-43(38)65(44,12)13/h14-25,30-35,66-67H,26-29H2,1-13H3. The lowest BCUT2D eigenvalue weighted by molar-refractivity contribution is 0.332. The smallest absolute Gasteiger partial charge is 0.198 e. The van der Waals surface area contributed by atoms with Crippen LogP contribution in [0.3, 0.4) is 0 Å². The summed E-state index contributed by atoms with van der Waals surface area (Å²) in [6, 6.07) is 43.5. The topological polar surface area (TPSA) is 17.0 Å². The van der Waals surface area contributed by atoms with Gasteiger partial charge in [-0.05, 0) is 162 Å². The summed E-state index contributed by atoms with van der Waals surface area (Å²) in [5, 5.41) is 9.76. The summed E-state index contributed by atoms with van der Waals surface area (Å²) < 4.78 is 5.54. The molecule has 3 heterocycles. The Morgan fingerprint density at radius 3 is 1.84 bits per heavy atom.